The zero-order valence-electron chi connectivity index (χ0n) is 24.1. The number of hydrogen-bond donors (Lipinski definition) is 0. The maximum absolute atomic E-state index is 6.75. The Bertz CT molecular complexity index is 1640. The zero-order chi connectivity index (χ0) is 28.8. The highest BCUT2D eigenvalue weighted by molar-refractivity contribution is 7.80. The van der Waals surface area contributed by atoms with Gasteiger partial charge in [-0.25, -0.2) is 0 Å². The van der Waals surface area contributed by atoms with Crippen LogP contribution < -0.4 is 31.3 Å². The van der Waals surface area contributed by atoms with E-state index >= 15 is 0 Å². The summed E-state index contributed by atoms with van der Waals surface area (Å²) in [5.41, 5.74) is 2.50. The Morgan fingerprint density at radius 2 is 1.07 bits per heavy atom. The van der Waals surface area contributed by atoms with Crippen LogP contribution in [0.2, 0.25) is 0 Å². The van der Waals surface area contributed by atoms with Gasteiger partial charge in [-0.3, -0.25) is 0 Å². The van der Waals surface area contributed by atoms with Gasteiger partial charge in [0.05, 0.1) is 19.3 Å². The number of rotatable bonds is 6. The quantitative estimate of drug-likeness (QED) is 0.190. The predicted molar refractivity (Wildman–Crippen MR) is 185 cm³/mol. The van der Waals surface area contributed by atoms with Crippen molar-refractivity contribution < 1.29 is 9.47 Å². The van der Waals surface area contributed by atoms with Crippen molar-refractivity contribution in [1.29, 1.82) is 0 Å². The fraction of sp³-hybridized carbons (Fsp3) is 0.128. The second kappa shape index (κ2) is 13.2. The van der Waals surface area contributed by atoms with Crippen LogP contribution >= 0.6 is 15.8 Å². The third-order valence-electron chi connectivity index (χ3n) is 7.90. The molecule has 212 valence electrons. The van der Waals surface area contributed by atoms with Gasteiger partial charge in [0, 0.05) is 17.6 Å². The van der Waals surface area contributed by atoms with Gasteiger partial charge in [-0.05, 0) is 60.2 Å². The Morgan fingerprint density at radius 1 is 0.535 bits per heavy atom. The first-order chi connectivity index (χ1) is 21.4. The highest BCUT2D eigenvalue weighted by Gasteiger charge is 2.34. The summed E-state index contributed by atoms with van der Waals surface area (Å²) in [6.07, 6.45) is 6.39. The first kappa shape index (κ1) is 28.0. The van der Waals surface area contributed by atoms with Crippen molar-refractivity contribution in [2.45, 2.75) is 18.9 Å². The van der Waals surface area contributed by atoms with Gasteiger partial charge >= 0.3 is 0 Å². The van der Waals surface area contributed by atoms with E-state index in [-0.39, 0.29) is 6.10 Å². The van der Waals surface area contributed by atoms with Gasteiger partial charge in [-0.2, -0.15) is 0 Å². The average Bonchev–Trinajstić information content (AvgIpc) is 3.17. The van der Waals surface area contributed by atoms with Crippen LogP contribution in [-0.2, 0) is 4.74 Å². The van der Waals surface area contributed by atoms with Crippen molar-refractivity contribution in [1.82, 2.24) is 0 Å². The topological polar surface area (TPSA) is 18.5 Å². The van der Waals surface area contributed by atoms with Gasteiger partial charge in [0.1, 0.15) is 5.75 Å². The van der Waals surface area contributed by atoms with Crippen molar-refractivity contribution >= 4 is 47.9 Å². The summed E-state index contributed by atoms with van der Waals surface area (Å²) < 4.78 is 13.4. The van der Waals surface area contributed by atoms with Crippen LogP contribution in [0.4, 0.5) is 0 Å². The number of ether oxygens (including phenoxy) is 2. The van der Waals surface area contributed by atoms with Crippen LogP contribution in [-0.4, -0.2) is 19.3 Å². The molecule has 1 aliphatic carbocycles. The zero-order valence-corrected chi connectivity index (χ0v) is 25.8. The van der Waals surface area contributed by atoms with Crippen LogP contribution in [0.5, 0.6) is 5.75 Å². The minimum absolute atomic E-state index is 0.0394. The minimum Gasteiger partial charge on any atom is -0.493 e. The van der Waals surface area contributed by atoms with E-state index in [0.717, 1.165) is 18.6 Å². The van der Waals surface area contributed by atoms with Gasteiger partial charge < -0.3 is 9.47 Å². The Balaban J connectivity index is 1.54. The molecule has 1 aliphatic heterocycles. The molecule has 4 heteroatoms. The number of benzene rings is 5. The van der Waals surface area contributed by atoms with Crippen molar-refractivity contribution in [2.75, 3.05) is 13.2 Å². The third-order valence-corrected chi connectivity index (χ3v) is 12.9. The maximum Gasteiger partial charge on any atom is 0.127 e. The van der Waals surface area contributed by atoms with E-state index < -0.39 is 15.8 Å². The van der Waals surface area contributed by atoms with Crippen LogP contribution in [0.1, 0.15) is 18.4 Å². The molecule has 0 amide bonds. The fourth-order valence-corrected chi connectivity index (χ4v) is 11.1. The molecular weight excluding hydrogens is 562 g/mol. The summed E-state index contributed by atoms with van der Waals surface area (Å²) in [6, 6.07) is 50.6. The second-order valence-corrected chi connectivity index (χ2v) is 15.0. The normalized spacial score (nSPS) is 16.6. The molecule has 43 heavy (non-hydrogen) atoms. The molecule has 1 unspecified atom stereocenters. The van der Waals surface area contributed by atoms with Gasteiger partial charge in [-0.1, -0.05) is 146 Å². The summed E-state index contributed by atoms with van der Waals surface area (Å²) in [4.78, 5) is 0. The molecular formula is C39H34O2P2. The molecule has 0 fully saturated rings. The summed E-state index contributed by atoms with van der Waals surface area (Å²) in [7, 11) is -1.70. The molecule has 5 aromatic rings. The second-order valence-electron chi connectivity index (χ2n) is 10.7. The Morgan fingerprint density at radius 3 is 1.63 bits per heavy atom. The maximum atomic E-state index is 6.75. The highest BCUT2D eigenvalue weighted by Crippen LogP contribution is 2.52. The van der Waals surface area contributed by atoms with E-state index in [0.29, 0.717) is 13.2 Å². The first-order valence-electron chi connectivity index (χ1n) is 15.0. The molecule has 2 aliphatic rings. The van der Waals surface area contributed by atoms with Gasteiger partial charge in [0.2, 0.25) is 0 Å². The average molecular weight is 597 g/mol. The Hall–Kier alpha value is -3.80. The van der Waals surface area contributed by atoms with Gasteiger partial charge in [0.25, 0.3) is 0 Å². The first-order valence-corrected chi connectivity index (χ1v) is 17.7. The van der Waals surface area contributed by atoms with E-state index in [1.807, 2.05) is 0 Å². The van der Waals surface area contributed by atoms with Crippen molar-refractivity contribution in [3.63, 3.8) is 0 Å². The monoisotopic (exact) mass is 596 g/mol. The predicted octanol–water partition coefficient (Wildman–Crippen LogP) is 7.42. The van der Waals surface area contributed by atoms with Crippen LogP contribution in [0.25, 0.3) is 5.57 Å². The summed E-state index contributed by atoms with van der Waals surface area (Å²) in [5.74, 6) is 0.964. The van der Waals surface area contributed by atoms with Crippen LogP contribution in [0.3, 0.4) is 0 Å². The molecule has 2 nitrogen and oxygen atoms in total. The van der Waals surface area contributed by atoms with Crippen molar-refractivity contribution in [2.24, 2.45) is 0 Å². The van der Waals surface area contributed by atoms with Crippen LogP contribution in [0.15, 0.2) is 157 Å². The SMILES string of the molecule is C1=CC(P(c2ccccc2)c2ccccc2)=C2c3c(cccc3P(c3ccccc3)c3ccccc3)OCCCOC2C1. The summed E-state index contributed by atoms with van der Waals surface area (Å²) >= 11 is 0. The number of allylic oxidation sites excluding steroid dienone is 2. The van der Waals surface area contributed by atoms with E-state index in [1.165, 1.54) is 43.0 Å². The molecule has 1 heterocycles. The smallest absolute Gasteiger partial charge is 0.127 e. The van der Waals surface area contributed by atoms with Crippen LogP contribution in [0, 0.1) is 0 Å². The fourth-order valence-electron chi connectivity index (χ4n) is 6.04. The van der Waals surface area contributed by atoms with E-state index in [2.05, 4.69) is 152 Å². The van der Waals surface area contributed by atoms with E-state index in [9.17, 15) is 0 Å². The highest BCUT2D eigenvalue weighted by atomic mass is 31.1. The molecule has 0 N–H and O–H groups in total. The molecule has 5 aromatic carbocycles. The lowest BCUT2D eigenvalue weighted by Gasteiger charge is -2.33. The van der Waals surface area contributed by atoms with E-state index in [1.54, 1.807) is 0 Å². The molecule has 0 saturated heterocycles. The molecule has 7 rings (SSSR count). The van der Waals surface area contributed by atoms with Crippen molar-refractivity contribution in [3.8, 4) is 5.75 Å². The largest absolute Gasteiger partial charge is 0.493 e. The number of fused-ring (bicyclic) bond motifs is 3. The molecule has 0 radical (unpaired) electrons. The standard InChI is InChI=1S/C39H34O2P2/c1-5-16-30(17-6-1)42(31-18-7-2-8-19-31)36-26-13-24-34-38(36)39-35(41-29-15-28-40-34)25-14-27-37(39)43(32-20-9-3-10-21-32)33-22-11-4-12-23-33/h1-14,16-24,26-27,35H,15,25,28-29H2. The van der Waals surface area contributed by atoms with Gasteiger partial charge in [-0.15, -0.1) is 0 Å². The molecule has 0 bridgehead atoms. The van der Waals surface area contributed by atoms with Crippen molar-refractivity contribution in [3.05, 3.63) is 163 Å². The van der Waals surface area contributed by atoms with Gasteiger partial charge in [0.15, 0.2) is 0 Å². The lowest BCUT2D eigenvalue weighted by molar-refractivity contribution is 0.0851. The molecule has 1 atom stereocenters. The Kier molecular flexibility index (Phi) is 8.62. The molecule has 0 spiro atoms. The van der Waals surface area contributed by atoms with E-state index in [4.69, 9.17) is 9.47 Å². The lowest BCUT2D eigenvalue weighted by atomic mass is 9.93. The summed E-state index contributed by atoms with van der Waals surface area (Å²) in [5, 5.41) is 8.00. The third kappa shape index (κ3) is 5.89. The molecule has 0 saturated carbocycles. The number of hydrogen-bond acceptors (Lipinski definition) is 2. The summed E-state index contributed by atoms with van der Waals surface area (Å²) in [6.45, 7) is 1.32. The lowest BCUT2D eigenvalue weighted by Crippen LogP contribution is -2.28. The minimum atomic E-state index is -0.856. The molecule has 0 aromatic heterocycles. The Labute approximate surface area is 257 Å².